The van der Waals surface area contributed by atoms with Crippen molar-refractivity contribution in [1.82, 2.24) is 9.88 Å². The first kappa shape index (κ1) is 11.7. The summed E-state index contributed by atoms with van der Waals surface area (Å²) in [6.07, 6.45) is 1.87. The zero-order chi connectivity index (χ0) is 12.5. The van der Waals surface area contributed by atoms with Crippen LogP contribution in [0.25, 0.3) is 0 Å². The highest BCUT2D eigenvalue weighted by Crippen LogP contribution is 2.22. The molecule has 2 saturated heterocycles. The van der Waals surface area contributed by atoms with Crippen molar-refractivity contribution in [3.8, 4) is 0 Å². The summed E-state index contributed by atoms with van der Waals surface area (Å²) in [4.78, 5) is 9.12. The molecule has 0 aliphatic carbocycles. The van der Waals surface area contributed by atoms with Crippen LogP contribution in [0.5, 0.6) is 0 Å². The third-order valence-corrected chi connectivity index (χ3v) is 3.90. The molecule has 5 nitrogen and oxygen atoms in total. The van der Waals surface area contributed by atoms with Crippen LogP contribution in [0.15, 0.2) is 18.3 Å². The van der Waals surface area contributed by atoms with Gasteiger partial charge in [-0.2, -0.15) is 0 Å². The molecule has 2 fully saturated rings. The van der Waals surface area contributed by atoms with Gasteiger partial charge in [0.05, 0.1) is 31.1 Å². The highest BCUT2D eigenvalue weighted by molar-refractivity contribution is 5.49. The van der Waals surface area contributed by atoms with Gasteiger partial charge in [0.25, 0.3) is 0 Å². The maximum atomic E-state index is 5.63. The van der Waals surface area contributed by atoms with Crippen LogP contribution < -0.4 is 10.6 Å². The first-order chi connectivity index (χ1) is 8.74. The number of aromatic nitrogens is 1. The monoisotopic (exact) mass is 248 g/mol. The van der Waals surface area contributed by atoms with Crippen molar-refractivity contribution in [2.24, 2.45) is 0 Å². The fourth-order valence-corrected chi connectivity index (χ4v) is 2.70. The Morgan fingerprint density at radius 1 is 1.33 bits per heavy atom. The lowest BCUT2D eigenvalue weighted by Gasteiger charge is -2.46. The number of nitrogens with zero attached hydrogens (tertiary/aromatic N) is 3. The average Bonchev–Trinajstić information content (AvgIpc) is 2.29. The van der Waals surface area contributed by atoms with Gasteiger partial charge in [-0.25, -0.2) is 4.98 Å². The molecule has 0 amide bonds. The minimum atomic E-state index is 0.504. The highest BCUT2D eigenvalue weighted by Gasteiger charge is 2.32. The van der Waals surface area contributed by atoms with E-state index in [2.05, 4.69) is 27.8 Å². The third-order valence-electron chi connectivity index (χ3n) is 3.90. The standard InChI is InChI=1S/C13H20N4O/c1-10-7-16(12-8-18-9-12)4-5-17(10)11-2-3-13(14)15-6-11/h2-3,6,10,12H,4-5,7-9H2,1H3,(H2,14,15). The SMILES string of the molecule is CC1CN(C2COC2)CCN1c1ccc(N)nc1. The second-order valence-corrected chi connectivity index (χ2v) is 5.17. The molecule has 1 aromatic heterocycles. The second kappa shape index (κ2) is 4.74. The van der Waals surface area contributed by atoms with E-state index >= 15 is 0 Å². The number of ether oxygens (including phenoxy) is 1. The number of rotatable bonds is 2. The van der Waals surface area contributed by atoms with Gasteiger partial charge in [0.1, 0.15) is 5.82 Å². The smallest absolute Gasteiger partial charge is 0.123 e. The second-order valence-electron chi connectivity index (χ2n) is 5.17. The maximum Gasteiger partial charge on any atom is 0.123 e. The molecule has 2 N–H and O–H groups in total. The minimum absolute atomic E-state index is 0.504. The molecule has 0 bridgehead atoms. The molecule has 2 aliphatic heterocycles. The predicted molar refractivity (Wildman–Crippen MR) is 71.6 cm³/mol. The normalized spacial score (nSPS) is 26.1. The molecular weight excluding hydrogens is 228 g/mol. The summed E-state index contributed by atoms with van der Waals surface area (Å²) in [5, 5.41) is 0. The van der Waals surface area contributed by atoms with Gasteiger partial charge in [0, 0.05) is 25.7 Å². The molecule has 0 aromatic carbocycles. The minimum Gasteiger partial charge on any atom is -0.384 e. The van der Waals surface area contributed by atoms with E-state index in [1.54, 1.807) is 0 Å². The van der Waals surface area contributed by atoms with Crippen molar-refractivity contribution < 1.29 is 4.74 Å². The van der Waals surface area contributed by atoms with Gasteiger partial charge in [0.15, 0.2) is 0 Å². The van der Waals surface area contributed by atoms with Crippen molar-refractivity contribution >= 4 is 11.5 Å². The lowest BCUT2D eigenvalue weighted by molar-refractivity contribution is -0.0691. The van der Waals surface area contributed by atoms with Crippen LogP contribution in [-0.4, -0.2) is 54.8 Å². The largest absolute Gasteiger partial charge is 0.384 e. The summed E-state index contributed by atoms with van der Waals surface area (Å²) >= 11 is 0. The Labute approximate surface area is 108 Å². The van der Waals surface area contributed by atoms with Crippen molar-refractivity contribution in [3.05, 3.63) is 18.3 Å². The summed E-state index contributed by atoms with van der Waals surface area (Å²) in [7, 11) is 0. The highest BCUT2D eigenvalue weighted by atomic mass is 16.5. The summed E-state index contributed by atoms with van der Waals surface area (Å²) in [5.41, 5.74) is 6.79. The Bertz CT molecular complexity index is 404. The predicted octanol–water partition coefficient (Wildman–Crippen LogP) is 0.573. The van der Waals surface area contributed by atoms with Gasteiger partial charge in [-0.3, -0.25) is 4.90 Å². The molecule has 1 unspecified atom stereocenters. The van der Waals surface area contributed by atoms with E-state index in [1.165, 1.54) is 5.69 Å². The quantitative estimate of drug-likeness (QED) is 0.829. The van der Waals surface area contributed by atoms with E-state index < -0.39 is 0 Å². The first-order valence-corrected chi connectivity index (χ1v) is 6.54. The van der Waals surface area contributed by atoms with Crippen molar-refractivity contribution in [3.63, 3.8) is 0 Å². The summed E-state index contributed by atoms with van der Waals surface area (Å²) in [5.74, 6) is 0.580. The summed E-state index contributed by atoms with van der Waals surface area (Å²) in [6.45, 7) is 7.30. The van der Waals surface area contributed by atoms with Crippen LogP contribution in [-0.2, 0) is 4.74 Å². The number of nitrogens with two attached hydrogens (primary N) is 1. The fourth-order valence-electron chi connectivity index (χ4n) is 2.70. The molecular formula is C13H20N4O. The van der Waals surface area contributed by atoms with Crippen molar-refractivity contribution in [2.45, 2.75) is 19.0 Å². The zero-order valence-electron chi connectivity index (χ0n) is 10.7. The van der Waals surface area contributed by atoms with Gasteiger partial charge in [-0.15, -0.1) is 0 Å². The lowest BCUT2D eigenvalue weighted by atomic mass is 10.1. The Morgan fingerprint density at radius 2 is 2.17 bits per heavy atom. The van der Waals surface area contributed by atoms with Crippen molar-refractivity contribution in [1.29, 1.82) is 0 Å². The fraction of sp³-hybridized carbons (Fsp3) is 0.615. The number of piperazine rings is 1. The molecule has 0 spiro atoms. The van der Waals surface area contributed by atoms with E-state index in [4.69, 9.17) is 10.5 Å². The van der Waals surface area contributed by atoms with Crippen LogP contribution in [0.2, 0.25) is 0 Å². The number of pyridine rings is 1. The van der Waals surface area contributed by atoms with Gasteiger partial charge in [0.2, 0.25) is 0 Å². The molecule has 3 rings (SSSR count). The van der Waals surface area contributed by atoms with Gasteiger partial charge in [-0.05, 0) is 19.1 Å². The molecule has 2 aliphatic rings. The van der Waals surface area contributed by atoms with Crippen LogP contribution in [0.1, 0.15) is 6.92 Å². The molecule has 1 aromatic rings. The summed E-state index contributed by atoms with van der Waals surface area (Å²) < 4.78 is 5.27. The van der Waals surface area contributed by atoms with Crippen LogP contribution in [0.4, 0.5) is 11.5 Å². The van der Waals surface area contributed by atoms with E-state index in [1.807, 2.05) is 12.3 Å². The molecule has 0 radical (unpaired) electrons. The van der Waals surface area contributed by atoms with Crippen LogP contribution in [0, 0.1) is 0 Å². The Hall–Kier alpha value is -1.33. The maximum absolute atomic E-state index is 5.63. The molecule has 18 heavy (non-hydrogen) atoms. The number of anilines is 2. The van der Waals surface area contributed by atoms with Gasteiger partial charge >= 0.3 is 0 Å². The Balaban J connectivity index is 1.66. The first-order valence-electron chi connectivity index (χ1n) is 6.54. The molecule has 0 saturated carbocycles. The Kier molecular flexibility index (Phi) is 3.09. The van der Waals surface area contributed by atoms with Crippen LogP contribution in [0.3, 0.4) is 0 Å². The van der Waals surface area contributed by atoms with Gasteiger partial charge < -0.3 is 15.4 Å². The molecule has 3 heterocycles. The topological polar surface area (TPSA) is 54.6 Å². The molecule has 5 heteroatoms. The zero-order valence-corrected chi connectivity index (χ0v) is 10.7. The van der Waals surface area contributed by atoms with E-state index in [0.29, 0.717) is 17.9 Å². The molecule has 98 valence electrons. The number of hydrogen-bond donors (Lipinski definition) is 1. The Morgan fingerprint density at radius 3 is 2.72 bits per heavy atom. The van der Waals surface area contributed by atoms with E-state index in [9.17, 15) is 0 Å². The number of nitrogen functional groups attached to an aromatic ring is 1. The van der Waals surface area contributed by atoms with Gasteiger partial charge in [-0.1, -0.05) is 0 Å². The molecule has 1 atom stereocenters. The third kappa shape index (κ3) is 2.15. The number of hydrogen-bond acceptors (Lipinski definition) is 5. The lowest BCUT2D eigenvalue weighted by Crippen LogP contribution is -2.59. The average molecular weight is 248 g/mol. The van der Waals surface area contributed by atoms with Crippen LogP contribution >= 0.6 is 0 Å². The summed E-state index contributed by atoms with van der Waals surface area (Å²) in [6, 6.07) is 5.07. The van der Waals surface area contributed by atoms with Crippen molar-refractivity contribution in [2.75, 3.05) is 43.5 Å². The van der Waals surface area contributed by atoms with E-state index in [0.717, 1.165) is 32.8 Å². The van der Waals surface area contributed by atoms with E-state index in [-0.39, 0.29) is 0 Å².